The van der Waals surface area contributed by atoms with Crippen molar-refractivity contribution in [3.8, 4) is 0 Å². The van der Waals surface area contributed by atoms with Gasteiger partial charge in [-0.05, 0) is 43.8 Å². The van der Waals surface area contributed by atoms with Crippen LogP contribution in [0.15, 0.2) is 0 Å². The summed E-state index contributed by atoms with van der Waals surface area (Å²) in [6.45, 7) is 14.5. The van der Waals surface area contributed by atoms with Crippen molar-refractivity contribution in [3.63, 3.8) is 0 Å². The quantitative estimate of drug-likeness (QED) is 0.489. The van der Waals surface area contributed by atoms with Gasteiger partial charge >= 0.3 is 0 Å². The highest BCUT2D eigenvalue weighted by molar-refractivity contribution is 6.74. The van der Waals surface area contributed by atoms with Crippen molar-refractivity contribution in [1.82, 2.24) is 0 Å². The Morgan fingerprint density at radius 3 is 2.40 bits per heavy atom. The molecule has 1 aliphatic rings. The van der Waals surface area contributed by atoms with Crippen LogP contribution in [0.25, 0.3) is 0 Å². The number of Topliss-reactive ketones (excluding diaryl/α,β-unsaturated/α-hetero) is 1. The maximum absolute atomic E-state index is 12.0. The number of rotatable bonds is 6. The Hall–Kier alpha value is -0.153. The first-order valence-corrected chi connectivity index (χ1v) is 11.2. The summed E-state index contributed by atoms with van der Waals surface area (Å²) in [6, 6.07) is 0. The van der Waals surface area contributed by atoms with Crippen LogP contribution in [0.2, 0.25) is 18.1 Å². The van der Waals surface area contributed by atoms with Gasteiger partial charge in [-0.3, -0.25) is 4.79 Å². The second kappa shape index (κ2) is 6.74. The van der Waals surface area contributed by atoms with Gasteiger partial charge in [-0.2, -0.15) is 0 Å². The zero-order valence-corrected chi connectivity index (χ0v) is 15.5. The third-order valence-electron chi connectivity index (χ3n) is 5.45. The first kappa shape index (κ1) is 17.9. The second-order valence-corrected chi connectivity index (χ2v) is 13.1. The van der Waals surface area contributed by atoms with Crippen molar-refractivity contribution >= 4 is 14.1 Å². The van der Waals surface area contributed by atoms with Gasteiger partial charge in [0.1, 0.15) is 5.78 Å². The lowest BCUT2D eigenvalue weighted by atomic mass is 9.71. The molecule has 0 aromatic rings. The highest BCUT2D eigenvalue weighted by Gasteiger charge is 2.37. The highest BCUT2D eigenvalue weighted by Crippen LogP contribution is 2.38. The Bertz CT molecular complexity index is 330. The zero-order chi connectivity index (χ0) is 15.4. The molecule has 0 aliphatic heterocycles. The molecule has 20 heavy (non-hydrogen) atoms. The fourth-order valence-corrected chi connectivity index (χ4v) is 3.76. The van der Waals surface area contributed by atoms with Gasteiger partial charge in [0.25, 0.3) is 0 Å². The zero-order valence-electron chi connectivity index (χ0n) is 14.5. The molecule has 0 radical (unpaired) electrons. The number of carbonyl (C=O) groups is 1. The predicted molar refractivity (Wildman–Crippen MR) is 88.6 cm³/mol. The van der Waals surface area contributed by atoms with Crippen LogP contribution in [-0.4, -0.2) is 20.7 Å². The summed E-state index contributed by atoms with van der Waals surface area (Å²) < 4.78 is 6.20. The van der Waals surface area contributed by atoms with Crippen molar-refractivity contribution in [2.75, 3.05) is 6.61 Å². The molecule has 0 N–H and O–H groups in total. The minimum Gasteiger partial charge on any atom is -0.417 e. The second-order valence-electron chi connectivity index (χ2n) is 8.26. The lowest BCUT2D eigenvalue weighted by Crippen LogP contribution is -2.41. The molecule has 1 fully saturated rings. The van der Waals surface area contributed by atoms with Crippen LogP contribution in [0.4, 0.5) is 0 Å². The minimum atomic E-state index is -1.59. The van der Waals surface area contributed by atoms with Gasteiger partial charge in [0, 0.05) is 18.4 Å². The van der Waals surface area contributed by atoms with E-state index in [0.29, 0.717) is 5.78 Å². The fourth-order valence-electron chi connectivity index (χ4n) is 2.67. The molecule has 0 heterocycles. The summed E-state index contributed by atoms with van der Waals surface area (Å²) in [4.78, 5) is 12.0. The SMILES string of the molecule is CC1(CCCCO[Si](C)(C)C(C)(C)C)CCCCC1=O. The Morgan fingerprint density at radius 1 is 1.20 bits per heavy atom. The van der Waals surface area contributed by atoms with Crippen molar-refractivity contribution in [2.45, 2.75) is 90.8 Å². The van der Waals surface area contributed by atoms with Crippen LogP contribution in [0.1, 0.15) is 72.6 Å². The maximum Gasteiger partial charge on any atom is 0.191 e. The summed E-state index contributed by atoms with van der Waals surface area (Å²) >= 11 is 0. The van der Waals surface area contributed by atoms with Crippen LogP contribution in [0.3, 0.4) is 0 Å². The van der Waals surface area contributed by atoms with Gasteiger partial charge < -0.3 is 4.43 Å². The highest BCUT2D eigenvalue weighted by atomic mass is 28.4. The van der Waals surface area contributed by atoms with E-state index < -0.39 is 8.32 Å². The van der Waals surface area contributed by atoms with E-state index in [4.69, 9.17) is 4.43 Å². The maximum atomic E-state index is 12.0. The van der Waals surface area contributed by atoms with Gasteiger partial charge in [-0.1, -0.05) is 40.5 Å². The minimum absolute atomic E-state index is 0.0325. The third kappa shape index (κ3) is 4.69. The van der Waals surface area contributed by atoms with Crippen LogP contribution >= 0.6 is 0 Å². The van der Waals surface area contributed by atoms with E-state index in [0.717, 1.165) is 45.1 Å². The first-order valence-electron chi connectivity index (χ1n) is 8.26. The molecule has 1 rings (SSSR count). The summed E-state index contributed by atoms with van der Waals surface area (Å²) in [6.07, 6.45) is 7.48. The van der Waals surface area contributed by atoms with E-state index in [-0.39, 0.29) is 10.5 Å². The Morgan fingerprint density at radius 2 is 1.85 bits per heavy atom. The van der Waals surface area contributed by atoms with Gasteiger partial charge in [0.2, 0.25) is 0 Å². The van der Waals surface area contributed by atoms with Crippen LogP contribution in [0, 0.1) is 5.41 Å². The molecule has 118 valence electrons. The third-order valence-corrected chi connectivity index (χ3v) is 9.99. The lowest BCUT2D eigenvalue weighted by Gasteiger charge is -2.36. The fraction of sp³-hybridized carbons (Fsp3) is 0.941. The molecule has 1 unspecified atom stereocenters. The number of hydrogen-bond donors (Lipinski definition) is 0. The van der Waals surface area contributed by atoms with Crippen molar-refractivity contribution in [1.29, 1.82) is 0 Å². The van der Waals surface area contributed by atoms with Crippen molar-refractivity contribution in [2.24, 2.45) is 5.41 Å². The van der Waals surface area contributed by atoms with E-state index in [1.807, 2.05) is 0 Å². The van der Waals surface area contributed by atoms with E-state index >= 15 is 0 Å². The average Bonchev–Trinajstić information content (AvgIpc) is 2.31. The summed E-state index contributed by atoms with van der Waals surface area (Å²) in [7, 11) is -1.59. The van der Waals surface area contributed by atoms with Gasteiger partial charge in [0.05, 0.1) is 0 Å². The average molecular weight is 299 g/mol. The molecule has 2 nitrogen and oxygen atoms in total. The first-order chi connectivity index (χ1) is 9.08. The Balaban J connectivity index is 2.27. The standard InChI is InChI=1S/C17H34O2Si/c1-16(2,3)20(5,6)19-14-10-9-13-17(4)12-8-7-11-15(17)18/h7-14H2,1-6H3. The van der Waals surface area contributed by atoms with E-state index in [2.05, 4.69) is 40.8 Å². The van der Waals surface area contributed by atoms with E-state index in [1.54, 1.807) is 0 Å². The molecule has 0 bridgehead atoms. The van der Waals surface area contributed by atoms with Gasteiger partial charge in [-0.15, -0.1) is 0 Å². The number of ketones is 1. The number of unbranched alkanes of at least 4 members (excludes halogenated alkanes) is 1. The lowest BCUT2D eigenvalue weighted by molar-refractivity contribution is -0.130. The molecule has 0 aromatic carbocycles. The van der Waals surface area contributed by atoms with Crippen molar-refractivity contribution in [3.05, 3.63) is 0 Å². The number of hydrogen-bond acceptors (Lipinski definition) is 2. The monoisotopic (exact) mass is 298 g/mol. The van der Waals surface area contributed by atoms with Crippen LogP contribution in [0.5, 0.6) is 0 Å². The molecule has 1 aliphatic carbocycles. The normalized spacial score (nSPS) is 25.0. The van der Waals surface area contributed by atoms with Crippen LogP contribution in [-0.2, 0) is 9.22 Å². The smallest absolute Gasteiger partial charge is 0.191 e. The van der Waals surface area contributed by atoms with Gasteiger partial charge in [-0.25, -0.2) is 0 Å². The molecular weight excluding hydrogens is 264 g/mol. The number of carbonyl (C=O) groups excluding carboxylic acids is 1. The molecule has 0 aromatic heterocycles. The van der Waals surface area contributed by atoms with Crippen LogP contribution < -0.4 is 0 Å². The summed E-state index contributed by atoms with van der Waals surface area (Å²) in [5, 5.41) is 0.290. The summed E-state index contributed by atoms with van der Waals surface area (Å²) in [5.41, 5.74) is -0.0325. The molecule has 0 amide bonds. The topological polar surface area (TPSA) is 26.3 Å². The molecule has 3 heteroatoms. The molecule has 1 atom stereocenters. The van der Waals surface area contributed by atoms with E-state index in [9.17, 15) is 4.79 Å². The largest absolute Gasteiger partial charge is 0.417 e. The van der Waals surface area contributed by atoms with E-state index in [1.165, 1.54) is 6.42 Å². The molecule has 0 saturated heterocycles. The predicted octanol–water partition coefficient (Wildman–Crippen LogP) is 5.33. The summed E-state index contributed by atoms with van der Waals surface area (Å²) in [5.74, 6) is 0.495. The van der Waals surface area contributed by atoms with Gasteiger partial charge in [0.15, 0.2) is 8.32 Å². The Labute approximate surface area is 126 Å². The molecule has 1 saturated carbocycles. The molecule has 0 spiro atoms. The Kier molecular flexibility index (Phi) is 6.03. The molecular formula is C17H34O2Si. The van der Waals surface area contributed by atoms with Crippen molar-refractivity contribution < 1.29 is 9.22 Å².